The van der Waals surface area contributed by atoms with Gasteiger partial charge in [-0.05, 0) is 150 Å². The number of para-hydroxylation sites is 2. The second-order valence-corrected chi connectivity index (χ2v) is 20.0. The van der Waals surface area contributed by atoms with Crippen LogP contribution in [0.15, 0.2) is 218 Å². The van der Waals surface area contributed by atoms with Crippen LogP contribution in [0.25, 0.3) is 123 Å². The molecule has 0 spiro atoms. The van der Waals surface area contributed by atoms with Gasteiger partial charge in [0.15, 0.2) is 17.5 Å². The Hall–Kier alpha value is -10.1. The standard InChI is InChI=1S/C68H42F6N6/c1-40-29-47(34-49(31-40)67(69,70)71)45-22-27-61-57(36-45)52-17-9-11-19-59(52)79(61)51-24-25-54(66-77-64(43-13-5-3-6-14-43)76-65(78-66)44-15-7-4-8-16-44)55(38-51)56-33-42(39-75)21-26-62(56)80-60-20-12-10-18-53(60)58-37-46(23-28-63(58)80)48-30-41(2)32-50(35-48)68(72,73)74/h3-38H,1-2H3. The Labute approximate surface area is 454 Å². The molecule has 386 valence electrons. The van der Waals surface area contributed by atoms with E-state index in [1.54, 1.807) is 32.0 Å². The number of hydrogen-bond donors (Lipinski definition) is 0. The Bertz CT molecular complexity index is 4610. The lowest BCUT2D eigenvalue weighted by Gasteiger charge is -2.19. The Balaban J connectivity index is 1.08. The van der Waals surface area contributed by atoms with Crippen LogP contribution in [0.4, 0.5) is 26.3 Å². The minimum Gasteiger partial charge on any atom is -0.309 e. The normalized spacial score (nSPS) is 12.0. The van der Waals surface area contributed by atoms with E-state index in [0.717, 1.165) is 72.6 Å². The predicted molar refractivity (Wildman–Crippen MR) is 305 cm³/mol. The molecule has 3 heterocycles. The van der Waals surface area contributed by atoms with Crippen molar-refractivity contribution in [3.8, 4) is 85.0 Å². The first-order chi connectivity index (χ1) is 38.7. The van der Waals surface area contributed by atoms with Gasteiger partial charge in [0.25, 0.3) is 0 Å². The number of alkyl halides is 6. The minimum atomic E-state index is -4.53. The highest BCUT2D eigenvalue weighted by molar-refractivity contribution is 6.12. The molecule has 0 saturated heterocycles. The van der Waals surface area contributed by atoms with Crippen LogP contribution in [0.5, 0.6) is 0 Å². The third-order valence-corrected chi connectivity index (χ3v) is 14.7. The molecule has 3 aromatic heterocycles. The fourth-order valence-corrected chi connectivity index (χ4v) is 11.1. The molecular weight excluding hydrogens is 1010 g/mol. The number of aryl methyl sites for hydroxylation is 2. The van der Waals surface area contributed by atoms with Crippen molar-refractivity contribution < 1.29 is 26.3 Å². The van der Waals surface area contributed by atoms with E-state index >= 15 is 0 Å². The van der Waals surface area contributed by atoms with E-state index in [1.165, 1.54) is 12.1 Å². The highest BCUT2D eigenvalue weighted by Crippen LogP contribution is 2.45. The molecule has 0 fully saturated rings. The van der Waals surface area contributed by atoms with Crippen LogP contribution >= 0.6 is 0 Å². The fourth-order valence-electron chi connectivity index (χ4n) is 11.1. The number of nitrogens with zero attached hydrogens (tertiary/aromatic N) is 6. The number of rotatable bonds is 8. The molecule has 0 aliphatic carbocycles. The third kappa shape index (κ3) is 8.79. The van der Waals surface area contributed by atoms with Crippen LogP contribution in [0.1, 0.15) is 27.8 Å². The van der Waals surface area contributed by atoms with Gasteiger partial charge in [0.2, 0.25) is 0 Å². The zero-order valence-electron chi connectivity index (χ0n) is 42.7. The SMILES string of the molecule is Cc1cc(-c2ccc3c(c2)c2ccccc2n3-c2ccc(-c3nc(-c4ccccc4)nc(-c4ccccc4)n3)c(-c3cc(C#N)ccc3-n3c4ccccc4c4cc(-c5cc(C)cc(C(F)(F)F)c5)ccc43)c2)cc(C(F)(F)F)c1. The Morgan fingerprint density at radius 3 is 1.36 bits per heavy atom. The molecule has 6 nitrogen and oxygen atoms in total. The lowest BCUT2D eigenvalue weighted by atomic mass is 9.94. The number of hydrogen-bond acceptors (Lipinski definition) is 4. The van der Waals surface area contributed by atoms with Crippen LogP contribution in [0, 0.1) is 25.2 Å². The smallest absolute Gasteiger partial charge is 0.309 e. The highest BCUT2D eigenvalue weighted by atomic mass is 19.4. The van der Waals surface area contributed by atoms with E-state index in [1.807, 2.05) is 170 Å². The maximum atomic E-state index is 14.2. The summed E-state index contributed by atoms with van der Waals surface area (Å²) < 4.78 is 89.3. The van der Waals surface area contributed by atoms with E-state index < -0.39 is 23.5 Å². The molecule has 0 aliphatic rings. The van der Waals surface area contributed by atoms with Gasteiger partial charge in [0, 0.05) is 49.5 Å². The predicted octanol–water partition coefficient (Wildman–Crippen LogP) is 18.6. The van der Waals surface area contributed by atoms with Crippen molar-refractivity contribution in [3.63, 3.8) is 0 Å². The van der Waals surface area contributed by atoms with Crippen LogP contribution < -0.4 is 0 Å². The molecule has 0 N–H and O–H groups in total. The first-order valence-corrected chi connectivity index (χ1v) is 25.7. The molecular formula is C68H42F6N6. The van der Waals surface area contributed by atoms with Crippen molar-refractivity contribution >= 4 is 43.6 Å². The van der Waals surface area contributed by atoms with E-state index in [2.05, 4.69) is 21.3 Å². The Kier molecular flexibility index (Phi) is 11.8. The largest absolute Gasteiger partial charge is 0.416 e. The van der Waals surface area contributed by atoms with Crippen LogP contribution in [-0.2, 0) is 12.4 Å². The molecule has 10 aromatic carbocycles. The van der Waals surface area contributed by atoms with Crippen molar-refractivity contribution in [1.29, 1.82) is 5.26 Å². The molecule has 80 heavy (non-hydrogen) atoms. The van der Waals surface area contributed by atoms with Gasteiger partial charge >= 0.3 is 12.4 Å². The summed E-state index contributed by atoms with van der Waals surface area (Å²) in [6.45, 7) is 3.31. The molecule has 0 unspecified atom stereocenters. The molecule has 0 saturated carbocycles. The summed E-state index contributed by atoms with van der Waals surface area (Å²) in [7, 11) is 0. The van der Waals surface area contributed by atoms with Crippen LogP contribution in [0.2, 0.25) is 0 Å². The van der Waals surface area contributed by atoms with Gasteiger partial charge < -0.3 is 9.13 Å². The number of halogens is 6. The zero-order chi connectivity index (χ0) is 55.0. The number of fused-ring (bicyclic) bond motifs is 6. The zero-order valence-corrected chi connectivity index (χ0v) is 42.7. The van der Waals surface area contributed by atoms with Crippen molar-refractivity contribution in [2.45, 2.75) is 26.2 Å². The van der Waals surface area contributed by atoms with E-state index in [-0.39, 0.29) is 0 Å². The molecule has 0 radical (unpaired) electrons. The van der Waals surface area contributed by atoms with Gasteiger partial charge in [-0.15, -0.1) is 0 Å². The summed E-state index contributed by atoms with van der Waals surface area (Å²) in [6, 6.07) is 68.6. The summed E-state index contributed by atoms with van der Waals surface area (Å²) in [4.78, 5) is 15.4. The first-order valence-electron chi connectivity index (χ1n) is 25.7. The van der Waals surface area contributed by atoms with Gasteiger partial charge in [0.1, 0.15) is 0 Å². The maximum Gasteiger partial charge on any atom is 0.416 e. The van der Waals surface area contributed by atoms with Crippen molar-refractivity contribution in [2.75, 3.05) is 0 Å². The van der Waals surface area contributed by atoms with Crippen LogP contribution in [-0.4, -0.2) is 24.1 Å². The molecule has 0 aliphatic heterocycles. The lowest BCUT2D eigenvalue weighted by Crippen LogP contribution is -2.05. The number of benzene rings is 10. The monoisotopic (exact) mass is 1060 g/mol. The second kappa shape index (κ2) is 19.1. The topological polar surface area (TPSA) is 72.3 Å². The average molecular weight is 1060 g/mol. The van der Waals surface area contributed by atoms with Crippen molar-refractivity contribution in [1.82, 2.24) is 24.1 Å². The maximum absolute atomic E-state index is 14.2. The van der Waals surface area contributed by atoms with Gasteiger partial charge in [0.05, 0.1) is 50.5 Å². The molecule has 13 aromatic rings. The molecule has 0 bridgehead atoms. The highest BCUT2D eigenvalue weighted by Gasteiger charge is 2.32. The van der Waals surface area contributed by atoms with Gasteiger partial charge in [-0.2, -0.15) is 31.6 Å². The summed E-state index contributed by atoms with van der Waals surface area (Å²) in [5.41, 5.74) is 10.2. The average Bonchev–Trinajstić information content (AvgIpc) is 4.18. The summed E-state index contributed by atoms with van der Waals surface area (Å²) >= 11 is 0. The summed E-state index contributed by atoms with van der Waals surface area (Å²) in [5, 5.41) is 14.1. The second-order valence-electron chi connectivity index (χ2n) is 20.0. The van der Waals surface area contributed by atoms with E-state index in [9.17, 15) is 31.6 Å². The van der Waals surface area contributed by atoms with Gasteiger partial charge in [-0.25, -0.2) is 15.0 Å². The molecule has 0 amide bonds. The summed E-state index contributed by atoms with van der Waals surface area (Å²) in [6.07, 6.45) is -9.05. The summed E-state index contributed by atoms with van der Waals surface area (Å²) in [5.74, 6) is 1.25. The Morgan fingerprint density at radius 2 is 0.838 bits per heavy atom. The molecule has 0 atom stereocenters. The quantitative estimate of drug-likeness (QED) is 0.142. The first kappa shape index (κ1) is 49.5. The van der Waals surface area contributed by atoms with Crippen molar-refractivity contribution in [3.05, 3.63) is 246 Å². The van der Waals surface area contributed by atoms with Crippen molar-refractivity contribution in [2.24, 2.45) is 0 Å². The third-order valence-electron chi connectivity index (χ3n) is 14.7. The van der Waals surface area contributed by atoms with Gasteiger partial charge in [-0.3, -0.25) is 0 Å². The fraction of sp³-hybridized carbons (Fsp3) is 0.0588. The molecule has 13 rings (SSSR count). The number of aromatic nitrogens is 5. The Morgan fingerprint density at radius 1 is 0.362 bits per heavy atom. The number of nitriles is 1. The van der Waals surface area contributed by atoms with E-state index in [4.69, 9.17) is 15.0 Å². The van der Waals surface area contributed by atoms with Gasteiger partial charge in [-0.1, -0.05) is 121 Å². The van der Waals surface area contributed by atoms with E-state index in [0.29, 0.717) is 78.8 Å². The molecule has 12 heteroatoms. The van der Waals surface area contributed by atoms with Crippen LogP contribution in [0.3, 0.4) is 0 Å². The lowest BCUT2D eigenvalue weighted by molar-refractivity contribution is -0.138. The minimum absolute atomic E-state index is 0.360.